The van der Waals surface area contributed by atoms with E-state index in [1.807, 2.05) is 0 Å². The van der Waals surface area contributed by atoms with Crippen LogP contribution in [0.25, 0.3) is 10.9 Å². The maximum Gasteiger partial charge on any atom is 0.148 e. The Morgan fingerprint density at radius 1 is 1.40 bits per heavy atom. The van der Waals surface area contributed by atoms with Crippen molar-refractivity contribution in [1.29, 1.82) is 0 Å². The number of hydrogen-bond acceptors (Lipinski definition) is 3. The summed E-state index contributed by atoms with van der Waals surface area (Å²) in [5.74, 6) is -0.357. The van der Waals surface area contributed by atoms with Crippen molar-refractivity contribution in [1.82, 2.24) is 15.5 Å². The fourth-order valence-electron chi connectivity index (χ4n) is 2.02. The second-order valence-corrected chi connectivity index (χ2v) is 6.31. The van der Waals surface area contributed by atoms with Crippen LogP contribution in [0.1, 0.15) is 39.4 Å². The molecular weight excluding hydrogens is 257 g/mol. The highest BCUT2D eigenvalue weighted by Gasteiger charge is 2.21. The minimum atomic E-state index is -0.694. The first-order valence-corrected chi connectivity index (χ1v) is 6.83. The van der Waals surface area contributed by atoms with Crippen LogP contribution >= 0.6 is 0 Å². The molecule has 3 N–H and O–H groups in total. The molecule has 1 aromatic carbocycles. The number of hydrogen-bond donors (Lipinski definition) is 3. The number of halogens is 1. The van der Waals surface area contributed by atoms with Gasteiger partial charge in [-0.25, -0.2) is 4.39 Å². The standard InChI is InChI=1S/C15H22FN3O/c1-9(15(2,3)4)17-8-13(20)10-5-6-12(16)14-11(10)7-18-19-14/h5-7,9,13,17,20H,8H2,1-4H3,(H,18,19)/t9-,13-/m0/s1. The van der Waals surface area contributed by atoms with Crippen LogP contribution < -0.4 is 5.32 Å². The molecule has 110 valence electrons. The van der Waals surface area contributed by atoms with Gasteiger partial charge in [-0.2, -0.15) is 5.10 Å². The number of nitrogens with zero attached hydrogens (tertiary/aromatic N) is 1. The first kappa shape index (κ1) is 14.9. The Bertz CT molecular complexity index is 588. The third kappa shape index (κ3) is 2.99. The summed E-state index contributed by atoms with van der Waals surface area (Å²) in [5, 5.41) is 20.7. The Balaban J connectivity index is 2.14. The third-order valence-electron chi connectivity index (χ3n) is 3.87. The lowest BCUT2D eigenvalue weighted by atomic mass is 9.88. The van der Waals surface area contributed by atoms with Crippen molar-refractivity contribution >= 4 is 10.9 Å². The Hall–Kier alpha value is -1.46. The van der Waals surface area contributed by atoms with Crippen molar-refractivity contribution in [2.75, 3.05) is 6.54 Å². The highest BCUT2D eigenvalue weighted by molar-refractivity contribution is 5.82. The van der Waals surface area contributed by atoms with Gasteiger partial charge in [-0.3, -0.25) is 5.10 Å². The van der Waals surface area contributed by atoms with Crippen LogP contribution in [-0.4, -0.2) is 27.9 Å². The molecule has 0 bridgehead atoms. The second-order valence-electron chi connectivity index (χ2n) is 6.31. The fourth-order valence-corrected chi connectivity index (χ4v) is 2.02. The van der Waals surface area contributed by atoms with Gasteiger partial charge in [-0.1, -0.05) is 26.8 Å². The molecular formula is C15H22FN3O. The highest BCUT2D eigenvalue weighted by Crippen LogP contribution is 2.25. The summed E-state index contributed by atoms with van der Waals surface area (Å²) in [7, 11) is 0. The number of benzene rings is 1. The number of rotatable bonds is 4. The second kappa shape index (κ2) is 5.50. The monoisotopic (exact) mass is 279 g/mol. The molecule has 1 heterocycles. The number of aromatic amines is 1. The molecule has 4 nitrogen and oxygen atoms in total. The molecule has 20 heavy (non-hydrogen) atoms. The number of aliphatic hydroxyl groups excluding tert-OH is 1. The fraction of sp³-hybridized carbons (Fsp3) is 0.533. The van der Waals surface area contributed by atoms with Gasteiger partial charge in [0.2, 0.25) is 0 Å². The lowest BCUT2D eigenvalue weighted by Crippen LogP contribution is -2.39. The van der Waals surface area contributed by atoms with Crippen molar-refractivity contribution in [2.24, 2.45) is 5.41 Å². The molecule has 0 fully saturated rings. The molecule has 0 unspecified atom stereocenters. The molecule has 0 radical (unpaired) electrons. The number of nitrogens with one attached hydrogen (secondary N) is 2. The molecule has 1 aromatic heterocycles. The topological polar surface area (TPSA) is 60.9 Å². The molecule has 0 aliphatic carbocycles. The van der Waals surface area contributed by atoms with Gasteiger partial charge in [-0.15, -0.1) is 0 Å². The van der Waals surface area contributed by atoms with Gasteiger partial charge in [-0.05, 0) is 24.0 Å². The van der Waals surface area contributed by atoms with E-state index in [4.69, 9.17) is 0 Å². The first-order valence-electron chi connectivity index (χ1n) is 6.83. The first-order chi connectivity index (χ1) is 9.30. The maximum absolute atomic E-state index is 13.6. The van der Waals surface area contributed by atoms with Gasteiger partial charge < -0.3 is 10.4 Å². The molecule has 5 heteroatoms. The summed E-state index contributed by atoms with van der Waals surface area (Å²) < 4.78 is 13.6. The predicted molar refractivity (Wildman–Crippen MR) is 77.9 cm³/mol. The molecule has 2 aromatic rings. The van der Waals surface area contributed by atoms with E-state index in [0.717, 1.165) is 0 Å². The van der Waals surface area contributed by atoms with Crippen LogP contribution in [0, 0.1) is 11.2 Å². The van der Waals surface area contributed by atoms with E-state index in [1.165, 1.54) is 6.07 Å². The smallest absolute Gasteiger partial charge is 0.148 e. The van der Waals surface area contributed by atoms with Crippen LogP contribution in [-0.2, 0) is 0 Å². The van der Waals surface area contributed by atoms with Crippen LogP contribution in [0.3, 0.4) is 0 Å². The van der Waals surface area contributed by atoms with E-state index in [1.54, 1.807) is 12.3 Å². The summed E-state index contributed by atoms with van der Waals surface area (Å²) in [5.41, 5.74) is 1.14. The zero-order chi connectivity index (χ0) is 14.9. The van der Waals surface area contributed by atoms with E-state index in [9.17, 15) is 9.50 Å². The Labute approximate surface area is 118 Å². The summed E-state index contributed by atoms with van der Waals surface area (Å²) in [6.45, 7) is 8.94. The molecule has 0 spiro atoms. The largest absolute Gasteiger partial charge is 0.387 e. The van der Waals surface area contributed by atoms with E-state index >= 15 is 0 Å². The molecule has 0 amide bonds. The summed E-state index contributed by atoms with van der Waals surface area (Å²) in [6, 6.07) is 3.23. The SMILES string of the molecule is C[C@H](NC[C@H](O)c1ccc(F)c2[nH]ncc12)C(C)(C)C. The van der Waals surface area contributed by atoms with Gasteiger partial charge in [0.1, 0.15) is 11.3 Å². The van der Waals surface area contributed by atoms with E-state index in [0.29, 0.717) is 23.0 Å². The summed E-state index contributed by atoms with van der Waals surface area (Å²) >= 11 is 0. The lowest BCUT2D eigenvalue weighted by Gasteiger charge is -2.29. The zero-order valence-corrected chi connectivity index (χ0v) is 12.4. The van der Waals surface area contributed by atoms with Gasteiger partial charge in [0.05, 0.1) is 12.3 Å². The van der Waals surface area contributed by atoms with Crippen molar-refractivity contribution in [3.63, 3.8) is 0 Å². The molecule has 2 atom stereocenters. The zero-order valence-electron chi connectivity index (χ0n) is 12.4. The van der Waals surface area contributed by atoms with Gasteiger partial charge in [0.15, 0.2) is 0 Å². The van der Waals surface area contributed by atoms with Crippen LogP contribution in [0.4, 0.5) is 4.39 Å². The summed E-state index contributed by atoms with van der Waals surface area (Å²) in [4.78, 5) is 0. The minimum Gasteiger partial charge on any atom is -0.387 e. The van der Waals surface area contributed by atoms with Crippen LogP contribution in [0.15, 0.2) is 18.3 Å². The Morgan fingerprint density at radius 2 is 2.10 bits per heavy atom. The van der Waals surface area contributed by atoms with Crippen molar-refractivity contribution in [3.8, 4) is 0 Å². The highest BCUT2D eigenvalue weighted by atomic mass is 19.1. The van der Waals surface area contributed by atoms with E-state index in [2.05, 4.69) is 43.2 Å². The van der Waals surface area contributed by atoms with Crippen LogP contribution in [0.5, 0.6) is 0 Å². The number of aliphatic hydroxyl groups is 1. The maximum atomic E-state index is 13.6. The molecule has 0 saturated carbocycles. The molecule has 0 saturated heterocycles. The predicted octanol–water partition coefficient (Wildman–Crippen LogP) is 2.76. The molecule has 0 aliphatic heterocycles. The van der Waals surface area contributed by atoms with Crippen LogP contribution in [0.2, 0.25) is 0 Å². The minimum absolute atomic E-state index is 0.119. The third-order valence-corrected chi connectivity index (χ3v) is 3.87. The lowest BCUT2D eigenvalue weighted by molar-refractivity contribution is 0.159. The van der Waals surface area contributed by atoms with Gasteiger partial charge in [0, 0.05) is 18.0 Å². The summed E-state index contributed by atoms with van der Waals surface area (Å²) in [6.07, 6.45) is 0.852. The average molecular weight is 279 g/mol. The van der Waals surface area contributed by atoms with Gasteiger partial charge in [0.25, 0.3) is 0 Å². The normalized spacial score (nSPS) is 15.5. The molecule has 2 rings (SSSR count). The van der Waals surface area contributed by atoms with Crippen molar-refractivity contribution in [3.05, 3.63) is 29.7 Å². The molecule has 0 aliphatic rings. The van der Waals surface area contributed by atoms with Crippen molar-refractivity contribution in [2.45, 2.75) is 39.8 Å². The Kier molecular flexibility index (Phi) is 4.11. The average Bonchev–Trinajstić information content (AvgIpc) is 2.84. The van der Waals surface area contributed by atoms with Crippen molar-refractivity contribution < 1.29 is 9.50 Å². The number of aromatic nitrogens is 2. The number of H-pyrrole nitrogens is 1. The van der Waals surface area contributed by atoms with Gasteiger partial charge >= 0.3 is 0 Å². The quantitative estimate of drug-likeness (QED) is 0.806. The number of fused-ring (bicyclic) bond motifs is 1. The van der Waals surface area contributed by atoms with E-state index in [-0.39, 0.29) is 17.3 Å². The van der Waals surface area contributed by atoms with E-state index < -0.39 is 6.10 Å². The Morgan fingerprint density at radius 3 is 2.75 bits per heavy atom.